The highest BCUT2D eigenvalue weighted by Crippen LogP contribution is 2.23. The average Bonchev–Trinajstić information content (AvgIpc) is 2.40. The summed E-state index contributed by atoms with van der Waals surface area (Å²) in [7, 11) is 1.99. The molecular formula is C15H18N2O. The lowest BCUT2D eigenvalue weighted by Gasteiger charge is -2.22. The van der Waals surface area contributed by atoms with Gasteiger partial charge in [-0.05, 0) is 18.6 Å². The van der Waals surface area contributed by atoms with E-state index in [0.29, 0.717) is 0 Å². The summed E-state index contributed by atoms with van der Waals surface area (Å²) in [6.07, 6.45) is 1.25. The summed E-state index contributed by atoms with van der Waals surface area (Å²) in [5.41, 5.74) is 2.08. The van der Waals surface area contributed by atoms with Gasteiger partial charge in [0.25, 0.3) is 0 Å². The van der Waals surface area contributed by atoms with Crippen molar-refractivity contribution in [3.8, 4) is 0 Å². The number of pyridine rings is 1. The van der Waals surface area contributed by atoms with Crippen molar-refractivity contribution < 1.29 is 5.11 Å². The molecule has 0 saturated heterocycles. The van der Waals surface area contributed by atoms with E-state index in [1.807, 2.05) is 37.4 Å². The van der Waals surface area contributed by atoms with Gasteiger partial charge < -0.3 is 10.0 Å². The molecule has 0 aliphatic carbocycles. The molecule has 2 aromatic rings. The molecule has 0 bridgehead atoms. The quantitative estimate of drug-likeness (QED) is 0.895. The number of aromatic nitrogens is 1. The summed E-state index contributed by atoms with van der Waals surface area (Å²) in [6.45, 7) is 2.54. The zero-order chi connectivity index (χ0) is 13.0. The van der Waals surface area contributed by atoms with Gasteiger partial charge >= 0.3 is 0 Å². The van der Waals surface area contributed by atoms with Crippen LogP contribution in [0.3, 0.4) is 0 Å². The van der Waals surface area contributed by atoms with E-state index >= 15 is 0 Å². The maximum absolute atomic E-state index is 9.75. The van der Waals surface area contributed by atoms with E-state index < -0.39 is 6.10 Å². The third-order valence-corrected chi connectivity index (χ3v) is 2.89. The highest BCUT2D eigenvalue weighted by atomic mass is 16.3. The number of hydrogen-bond donors (Lipinski definition) is 1. The van der Waals surface area contributed by atoms with Crippen LogP contribution in [0.4, 0.5) is 5.82 Å². The van der Waals surface area contributed by atoms with E-state index in [2.05, 4.69) is 22.0 Å². The molecule has 0 aliphatic heterocycles. The van der Waals surface area contributed by atoms with E-state index in [0.717, 1.165) is 17.9 Å². The Kier molecular flexibility index (Phi) is 3.95. The number of hydrogen-bond acceptors (Lipinski definition) is 3. The highest BCUT2D eigenvalue weighted by Gasteiger charge is 2.12. The van der Waals surface area contributed by atoms with Gasteiger partial charge in [0, 0.05) is 25.4 Å². The van der Waals surface area contributed by atoms with Gasteiger partial charge in [-0.15, -0.1) is 0 Å². The van der Waals surface area contributed by atoms with Crippen molar-refractivity contribution in [2.45, 2.75) is 19.6 Å². The minimum Gasteiger partial charge on any atom is -0.389 e. The smallest absolute Gasteiger partial charge is 0.134 e. The van der Waals surface area contributed by atoms with Crippen LogP contribution in [0.25, 0.3) is 0 Å². The van der Waals surface area contributed by atoms with E-state index in [4.69, 9.17) is 0 Å². The molecule has 1 unspecified atom stereocenters. The van der Waals surface area contributed by atoms with Gasteiger partial charge in [0.2, 0.25) is 0 Å². The first-order valence-corrected chi connectivity index (χ1v) is 6.06. The Bertz CT molecular complexity index is 497. The summed E-state index contributed by atoms with van der Waals surface area (Å²) in [5.74, 6) is 0.830. The van der Waals surface area contributed by atoms with Crippen LogP contribution < -0.4 is 4.90 Å². The second kappa shape index (κ2) is 5.65. The highest BCUT2D eigenvalue weighted by molar-refractivity contribution is 5.47. The fourth-order valence-corrected chi connectivity index (χ4v) is 1.99. The van der Waals surface area contributed by atoms with E-state index in [1.54, 1.807) is 13.1 Å². The first kappa shape index (κ1) is 12.6. The second-order valence-corrected chi connectivity index (χ2v) is 4.43. The molecule has 0 aliphatic rings. The SMILES string of the molecule is CC(O)c1cccnc1N(C)Cc1ccccc1. The van der Waals surface area contributed by atoms with Crippen LogP contribution >= 0.6 is 0 Å². The maximum atomic E-state index is 9.75. The Labute approximate surface area is 108 Å². The normalized spacial score (nSPS) is 12.2. The molecule has 0 amide bonds. The van der Waals surface area contributed by atoms with Crippen LogP contribution in [-0.4, -0.2) is 17.1 Å². The first-order valence-electron chi connectivity index (χ1n) is 6.06. The molecular weight excluding hydrogens is 224 g/mol. The molecule has 3 nitrogen and oxygen atoms in total. The van der Waals surface area contributed by atoms with Gasteiger partial charge in [-0.25, -0.2) is 4.98 Å². The van der Waals surface area contributed by atoms with Gasteiger partial charge in [0.1, 0.15) is 5.82 Å². The molecule has 1 aromatic carbocycles. The van der Waals surface area contributed by atoms with E-state index in [1.165, 1.54) is 5.56 Å². The zero-order valence-electron chi connectivity index (χ0n) is 10.7. The predicted molar refractivity (Wildman–Crippen MR) is 73.4 cm³/mol. The van der Waals surface area contributed by atoms with Crippen molar-refractivity contribution in [3.05, 3.63) is 59.8 Å². The Morgan fingerprint density at radius 2 is 1.89 bits per heavy atom. The number of nitrogens with zero attached hydrogens (tertiary/aromatic N) is 2. The molecule has 0 saturated carbocycles. The molecule has 94 valence electrons. The molecule has 3 heteroatoms. The number of benzene rings is 1. The summed E-state index contributed by atoms with van der Waals surface area (Å²) in [4.78, 5) is 6.41. The van der Waals surface area contributed by atoms with Crippen LogP contribution in [0.1, 0.15) is 24.2 Å². The second-order valence-electron chi connectivity index (χ2n) is 4.43. The molecule has 1 aromatic heterocycles. The van der Waals surface area contributed by atoms with Crippen molar-refractivity contribution >= 4 is 5.82 Å². The third-order valence-electron chi connectivity index (χ3n) is 2.89. The monoisotopic (exact) mass is 242 g/mol. The van der Waals surface area contributed by atoms with Crippen molar-refractivity contribution in [1.29, 1.82) is 0 Å². The van der Waals surface area contributed by atoms with Gasteiger partial charge in [0.05, 0.1) is 6.10 Å². The molecule has 0 fully saturated rings. The number of rotatable bonds is 4. The van der Waals surface area contributed by atoms with Crippen LogP contribution in [-0.2, 0) is 6.54 Å². The summed E-state index contributed by atoms with van der Waals surface area (Å²) >= 11 is 0. The fraction of sp³-hybridized carbons (Fsp3) is 0.267. The van der Waals surface area contributed by atoms with Crippen molar-refractivity contribution in [2.24, 2.45) is 0 Å². The lowest BCUT2D eigenvalue weighted by Crippen LogP contribution is -2.19. The van der Waals surface area contributed by atoms with Crippen LogP contribution in [0.5, 0.6) is 0 Å². The maximum Gasteiger partial charge on any atom is 0.134 e. The van der Waals surface area contributed by atoms with Crippen molar-refractivity contribution in [3.63, 3.8) is 0 Å². The van der Waals surface area contributed by atoms with Gasteiger partial charge in [-0.3, -0.25) is 0 Å². The van der Waals surface area contributed by atoms with E-state index in [9.17, 15) is 5.11 Å². The third kappa shape index (κ3) is 2.87. The topological polar surface area (TPSA) is 36.4 Å². The van der Waals surface area contributed by atoms with Gasteiger partial charge in [0.15, 0.2) is 0 Å². The summed E-state index contributed by atoms with van der Waals surface area (Å²) < 4.78 is 0. The minimum atomic E-state index is -0.507. The average molecular weight is 242 g/mol. The Balaban J connectivity index is 2.21. The van der Waals surface area contributed by atoms with Crippen molar-refractivity contribution in [2.75, 3.05) is 11.9 Å². The Morgan fingerprint density at radius 3 is 2.56 bits per heavy atom. The largest absolute Gasteiger partial charge is 0.389 e. The number of aliphatic hydroxyl groups is 1. The Morgan fingerprint density at radius 1 is 1.17 bits per heavy atom. The molecule has 2 rings (SSSR count). The van der Waals surface area contributed by atoms with Gasteiger partial charge in [-0.1, -0.05) is 36.4 Å². The standard InChI is InChI=1S/C15H18N2O/c1-12(18)14-9-6-10-16-15(14)17(2)11-13-7-4-3-5-8-13/h3-10,12,18H,11H2,1-2H3. The van der Waals surface area contributed by atoms with Gasteiger partial charge in [-0.2, -0.15) is 0 Å². The molecule has 1 heterocycles. The van der Waals surface area contributed by atoms with Crippen LogP contribution in [0, 0.1) is 0 Å². The minimum absolute atomic E-state index is 0.507. The summed E-state index contributed by atoms with van der Waals surface area (Å²) in [5, 5.41) is 9.75. The molecule has 1 atom stereocenters. The lowest BCUT2D eigenvalue weighted by molar-refractivity contribution is 0.199. The van der Waals surface area contributed by atoms with E-state index in [-0.39, 0.29) is 0 Å². The number of aliphatic hydroxyl groups excluding tert-OH is 1. The Hall–Kier alpha value is -1.87. The molecule has 0 radical (unpaired) electrons. The zero-order valence-corrected chi connectivity index (χ0v) is 10.7. The molecule has 18 heavy (non-hydrogen) atoms. The van der Waals surface area contributed by atoms with Crippen LogP contribution in [0.2, 0.25) is 0 Å². The lowest BCUT2D eigenvalue weighted by atomic mass is 10.1. The first-order chi connectivity index (χ1) is 8.68. The fourth-order valence-electron chi connectivity index (χ4n) is 1.99. The predicted octanol–water partition coefficient (Wildman–Crippen LogP) is 2.77. The number of anilines is 1. The van der Waals surface area contributed by atoms with Crippen molar-refractivity contribution in [1.82, 2.24) is 4.98 Å². The summed E-state index contributed by atoms with van der Waals surface area (Å²) in [6, 6.07) is 14.0. The van der Waals surface area contributed by atoms with Crippen LogP contribution in [0.15, 0.2) is 48.7 Å². The molecule has 1 N–H and O–H groups in total. The molecule has 0 spiro atoms.